The number of rotatable bonds is 9. The van der Waals surface area contributed by atoms with E-state index in [9.17, 15) is 9.59 Å². The number of nitrogens with one attached hydrogen (secondary N) is 2. The summed E-state index contributed by atoms with van der Waals surface area (Å²) in [4.78, 5) is 42.5. The molecule has 2 N–H and O–H groups in total. The Morgan fingerprint density at radius 2 is 1.86 bits per heavy atom. The molecule has 0 aliphatic carbocycles. The lowest BCUT2D eigenvalue weighted by Crippen LogP contribution is -2.46. The van der Waals surface area contributed by atoms with Gasteiger partial charge >= 0.3 is 0 Å². The number of hydrogen-bond acceptors (Lipinski definition) is 8. The summed E-state index contributed by atoms with van der Waals surface area (Å²) >= 11 is 0. The fraction of sp³-hybridized carbons (Fsp3) is 0.182. The van der Waals surface area contributed by atoms with Gasteiger partial charge in [-0.25, -0.2) is 9.97 Å². The van der Waals surface area contributed by atoms with E-state index in [0.29, 0.717) is 22.8 Å². The average molecular weight is 573 g/mol. The van der Waals surface area contributed by atoms with Crippen molar-refractivity contribution in [1.29, 1.82) is 0 Å². The summed E-state index contributed by atoms with van der Waals surface area (Å²) < 4.78 is 2.07. The van der Waals surface area contributed by atoms with Crippen molar-refractivity contribution in [2.24, 2.45) is 7.05 Å². The lowest BCUT2D eigenvalue weighted by Gasteiger charge is -2.37. The number of carbonyl (C=O) groups excluding carboxylic acids is 2. The minimum absolute atomic E-state index is 0.332. The molecular formula is C33H32N8O2. The molecule has 10 heteroatoms. The van der Waals surface area contributed by atoms with E-state index >= 15 is 0 Å². The number of amides is 1. The van der Waals surface area contributed by atoms with Crippen molar-refractivity contribution in [2.75, 3.05) is 41.7 Å². The number of hydrogen-bond donors (Lipinski definition) is 2. The lowest BCUT2D eigenvalue weighted by atomic mass is 10.1. The first kappa shape index (κ1) is 27.8. The Morgan fingerprint density at radius 1 is 1.02 bits per heavy atom. The molecule has 4 heterocycles. The summed E-state index contributed by atoms with van der Waals surface area (Å²) in [6.07, 6.45) is 9.26. The summed E-state index contributed by atoms with van der Waals surface area (Å²) in [6.45, 7) is 7.57. The number of aromatic nitrogens is 4. The summed E-state index contributed by atoms with van der Waals surface area (Å²) in [5.41, 5.74) is 6.35. The van der Waals surface area contributed by atoms with E-state index < -0.39 is 0 Å². The minimum atomic E-state index is -0.332. The van der Waals surface area contributed by atoms with Crippen LogP contribution in [-0.2, 0) is 18.4 Å². The van der Waals surface area contributed by atoms with Crippen molar-refractivity contribution in [3.63, 3.8) is 0 Å². The normalized spacial score (nSPS) is 13.6. The van der Waals surface area contributed by atoms with Gasteiger partial charge in [-0.15, -0.1) is 0 Å². The van der Waals surface area contributed by atoms with Crippen LogP contribution in [-0.4, -0.2) is 62.8 Å². The fourth-order valence-electron chi connectivity index (χ4n) is 5.51. The van der Waals surface area contributed by atoms with Gasteiger partial charge in [-0.1, -0.05) is 30.8 Å². The first-order valence-electron chi connectivity index (χ1n) is 14.1. The van der Waals surface area contributed by atoms with E-state index in [1.54, 1.807) is 12.3 Å². The van der Waals surface area contributed by atoms with Crippen LogP contribution < -0.4 is 15.5 Å². The number of anilines is 4. The van der Waals surface area contributed by atoms with E-state index in [1.807, 2.05) is 49.8 Å². The number of benzene rings is 2. The van der Waals surface area contributed by atoms with Crippen molar-refractivity contribution in [2.45, 2.75) is 6.54 Å². The quantitative estimate of drug-likeness (QED) is 0.187. The fourth-order valence-corrected chi connectivity index (χ4v) is 5.51. The Morgan fingerprint density at radius 3 is 2.63 bits per heavy atom. The van der Waals surface area contributed by atoms with Crippen LogP contribution in [0.1, 0.15) is 15.9 Å². The molecule has 3 aromatic heterocycles. The molecule has 0 atom stereocenters. The largest absolute Gasteiger partial charge is 0.367 e. The van der Waals surface area contributed by atoms with Crippen LogP contribution >= 0.6 is 0 Å². The van der Waals surface area contributed by atoms with Gasteiger partial charge in [0.05, 0.1) is 22.8 Å². The first-order valence-corrected chi connectivity index (χ1v) is 14.1. The zero-order valence-electron chi connectivity index (χ0n) is 23.9. The molecule has 0 radical (unpaired) electrons. The van der Waals surface area contributed by atoms with E-state index in [2.05, 4.69) is 64.7 Å². The van der Waals surface area contributed by atoms with Crippen LogP contribution in [0.3, 0.4) is 0 Å². The summed E-state index contributed by atoms with van der Waals surface area (Å²) in [7, 11) is 2.00. The molecule has 1 aliphatic heterocycles. The van der Waals surface area contributed by atoms with Gasteiger partial charge in [0.1, 0.15) is 12.1 Å². The second-order valence-electron chi connectivity index (χ2n) is 10.5. The molecule has 0 unspecified atom stereocenters. The van der Waals surface area contributed by atoms with Gasteiger partial charge < -0.3 is 20.1 Å². The second kappa shape index (κ2) is 12.3. The van der Waals surface area contributed by atoms with E-state index in [-0.39, 0.29) is 5.91 Å². The zero-order valence-corrected chi connectivity index (χ0v) is 23.9. The van der Waals surface area contributed by atoms with Crippen molar-refractivity contribution in [1.82, 2.24) is 24.4 Å². The zero-order chi connectivity index (χ0) is 29.8. The van der Waals surface area contributed by atoms with Crippen LogP contribution in [0.2, 0.25) is 0 Å². The standard InChI is InChI=1S/C33H32N8O2/c1-3-33(43)38-29-16-27(37-32-17-28(35-22-36-32)26-20-39(2)30-9-5-4-8-25(26)30)24(21-42)15-31(29)41-13-11-40(12-14-41)19-23-7-6-10-34-18-23/h3-10,15-18,20-22H,1,11-14,19H2,2H3,(H,38,43)(H,35,36,37). The van der Waals surface area contributed by atoms with Gasteiger partial charge in [0.25, 0.3) is 0 Å². The third kappa shape index (κ3) is 6.00. The highest BCUT2D eigenvalue weighted by Gasteiger charge is 2.22. The average Bonchev–Trinajstić information content (AvgIpc) is 3.38. The number of aldehydes is 1. The van der Waals surface area contributed by atoms with Gasteiger partial charge in [0.15, 0.2) is 6.29 Å². The monoisotopic (exact) mass is 572 g/mol. The highest BCUT2D eigenvalue weighted by molar-refractivity contribution is 6.03. The molecule has 5 aromatic rings. The SMILES string of the molecule is C=CC(=O)Nc1cc(Nc2cc(-c3cn(C)c4ccccc34)ncn2)c(C=O)cc1N1CCN(Cc2cccnc2)CC1. The van der Waals surface area contributed by atoms with Crippen molar-refractivity contribution in [3.05, 3.63) is 103 Å². The Hall–Kier alpha value is -5.35. The molecule has 0 saturated carbocycles. The maximum absolute atomic E-state index is 12.4. The van der Waals surface area contributed by atoms with Crippen molar-refractivity contribution < 1.29 is 9.59 Å². The molecule has 1 amide bonds. The Bertz CT molecular complexity index is 1790. The molecule has 43 heavy (non-hydrogen) atoms. The van der Waals surface area contributed by atoms with Crippen LogP contribution in [0.25, 0.3) is 22.2 Å². The van der Waals surface area contributed by atoms with Gasteiger partial charge in [0.2, 0.25) is 5.91 Å². The highest BCUT2D eigenvalue weighted by Crippen LogP contribution is 2.35. The molecule has 1 aliphatic rings. The smallest absolute Gasteiger partial charge is 0.247 e. The molecule has 10 nitrogen and oxygen atoms in total. The topological polar surface area (TPSA) is 108 Å². The predicted molar refractivity (Wildman–Crippen MR) is 170 cm³/mol. The number of pyridine rings is 1. The van der Waals surface area contributed by atoms with E-state index in [1.165, 1.54) is 18.0 Å². The van der Waals surface area contributed by atoms with Gasteiger partial charge in [-0.2, -0.15) is 0 Å². The number of nitrogens with zero attached hydrogens (tertiary/aromatic N) is 6. The Balaban J connectivity index is 1.27. The summed E-state index contributed by atoms with van der Waals surface area (Å²) in [5, 5.41) is 7.31. The third-order valence-corrected chi connectivity index (χ3v) is 7.68. The maximum atomic E-state index is 12.4. The molecule has 1 saturated heterocycles. The number of piperazine rings is 1. The molecule has 216 valence electrons. The van der Waals surface area contributed by atoms with Gasteiger partial charge in [0, 0.05) is 86.5 Å². The van der Waals surface area contributed by atoms with Crippen LogP contribution in [0, 0.1) is 0 Å². The molecule has 2 aromatic carbocycles. The van der Waals surface area contributed by atoms with Crippen LogP contribution in [0.5, 0.6) is 0 Å². The van der Waals surface area contributed by atoms with Gasteiger partial charge in [-0.05, 0) is 35.9 Å². The predicted octanol–water partition coefficient (Wildman–Crippen LogP) is 5.03. The number of fused-ring (bicyclic) bond motifs is 1. The molecular weight excluding hydrogens is 540 g/mol. The second-order valence-corrected chi connectivity index (χ2v) is 10.5. The molecule has 0 spiro atoms. The van der Waals surface area contributed by atoms with Crippen LogP contribution in [0.4, 0.5) is 22.9 Å². The summed E-state index contributed by atoms with van der Waals surface area (Å²) in [5.74, 6) is 0.195. The Labute approximate surface area is 249 Å². The number of carbonyl (C=O) groups is 2. The number of para-hydroxylation sites is 1. The van der Waals surface area contributed by atoms with Crippen LogP contribution in [0.15, 0.2) is 92.2 Å². The maximum Gasteiger partial charge on any atom is 0.247 e. The van der Waals surface area contributed by atoms with Crippen molar-refractivity contribution >= 4 is 46.0 Å². The molecule has 0 bridgehead atoms. The molecule has 6 rings (SSSR count). The van der Waals surface area contributed by atoms with Gasteiger partial charge in [-0.3, -0.25) is 19.5 Å². The van der Waals surface area contributed by atoms with E-state index in [4.69, 9.17) is 0 Å². The first-order chi connectivity index (χ1) is 21.0. The molecule has 1 fully saturated rings. The highest BCUT2D eigenvalue weighted by atomic mass is 16.1. The lowest BCUT2D eigenvalue weighted by molar-refractivity contribution is -0.111. The Kier molecular flexibility index (Phi) is 7.92. The van der Waals surface area contributed by atoms with E-state index in [0.717, 1.165) is 66.9 Å². The third-order valence-electron chi connectivity index (χ3n) is 7.68. The summed E-state index contributed by atoms with van der Waals surface area (Å²) in [6, 6.07) is 17.6. The number of aryl methyl sites for hydroxylation is 1. The van der Waals surface area contributed by atoms with Crippen molar-refractivity contribution in [3.8, 4) is 11.3 Å². The minimum Gasteiger partial charge on any atom is -0.367 e.